The van der Waals surface area contributed by atoms with Crippen molar-refractivity contribution in [2.24, 2.45) is 138 Å². The van der Waals surface area contributed by atoms with E-state index in [4.69, 9.17) is 4.74 Å². The molecule has 1 heteroatoms. The van der Waals surface area contributed by atoms with E-state index in [-0.39, 0.29) is 0 Å². The first-order valence-corrected chi connectivity index (χ1v) is 43.0. The van der Waals surface area contributed by atoms with Gasteiger partial charge in [-0.2, -0.15) is 0 Å². The maximum Gasteiger partial charge on any atom is 0.0468 e. The summed E-state index contributed by atoms with van der Waals surface area (Å²) in [5.74, 6) is 16.6. The van der Waals surface area contributed by atoms with Crippen molar-refractivity contribution in [3.63, 3.8) is 0 Å². The van der Waals surface area contributed by atoms with Gasteiger partial charge in [0.05, 0.1) is 0 Å². The third-order valence-corrected chi connectivity index (χ3v) is 28.3. The van der Waals surface area contributed by atoms with E-state index in [2.05, 4.69) is 194 Å². The number of fused-ring (bicyclic) bond motifs is 2. The van der Waals surface area contributed by atoms with Crippen LogP contribution in [0.25, 0.3) is 0 Å². The maximum atomic E-state index is 5.29. The molecule has 0 aromatic rings. The molecule has 1 nitrogen and oxygen atoms in total. The van der Waals surface area contributed by atoms with Crippen molar-refractivity contribution in [3.05, 3.63) is 0 Å². The van der Waals surface area contributed by atoms with Crippen molar-refractivity contribution < 1.29 is 4.74 Å². The summed E-state index contributed by atoms with van der Waals surface area (Å²) in [5, 5.41) is 0. The Kier molecular flexibility index (Phi) is 38.7. The second-order valence-corrected chi connectivity index (χ2v) is 43.7. The largest absolute Gasteiger partial charge is 0.381 e. The van der Waals surface area contributed by atoms with Crippen molar-refractivity contribution in [2.45, 2.75) is 444 Å². The molecule has 11 aliphatic carbocycles. The van der Waals surface area contributed by atoms with E-state index in [1.807, 2.05) is 0 Å². The summed E-state index contributed by atoms with van der Waals surface area (Å²) in [4.78, 5) is 0. The molecule has 4 unspecified atom stereocenters. The van der Waals surface area contributed by atoms with Gasteiger partial charge in [0.25, 0.3) is 0 Å². The number of hydrogen-bond acceptors (Lipinski definition) is 1. The van der Waals surface area contributed by atoms with Crippen molar-refractivity contribution in [1.82, 2.24) is 0 Å². The van der Waals surface area contributed by atoms with Gasteiger partial charge in [-0.15, -0.1) is 0 Å². The molecule has 560 valence electrons. The molecular formula is C93H182O. The van der Waals surface area contributed by atoms with Gasteiger partial charge in [-0.05, 0) is 266 Å². The lowest BCUT2D eigenvalue weighted by Crippen LogP contribution is -2.27. The minimum Gasteiger partial charge on any atom is -0.381 e. The maximum absolute atomic E-state index is 5.29. The molecule has 0 radical (unpaired) electrons. The zero-order valence-electron chi connectivity index (χ0n) is 70.6. The number of rotatable bonds is 3. The topological polar surface area (TPSA) is 9.23 Å². The summed E-state index contributed by atoms with van der Waals surface area (Å²) >= 11 is 0. The predicted octanol–water partition coefficient (Wildman–Crippen LogP) is 31.6. The lowest BCUT2D eigenvalue weighted by Gasteiger charge is -2.37. The highest BCUT2D eigenvalue weighted by atomic mass is 16.5. The highest BCUT2D eigenvalue weighted by Crippen LogP contribution is 2.60. The van der Waals surface area contributed by atoms with Crippen LogP contribution in [0, 0.1) is 138 Å². The summed E-state index contributed by atoms with van der Waals surface area (Å²) < 4.78 is 5.29. The van der Waals surface area contributed by atoms with E-state index < -0.39 is 0 Å². The van der Waals surface area contributed by atoms with Crippen molar-refractivity contribution in [3.8, 4) is 0 Å². The number of hydrogen-bond donors (Lipinski definition) is 0. The van der Waals surface area contributed by atoms with Crippen LogP contribution in [-0.2, 0) is 4.74 Å². The molecule has 12 fully saturated rings. The van der Waals surface area contributed by atoms with Gasteiger partial charge in [-0.3, -0.25) is 0 Å². The van der Waals surface area contributed by atoms with Crippen molar-refractivity contribution in [2.75, 3.05) is 13.2 Å². The zero-order chi connectivity index (χ0) is 70.9. The molecule has 0 bridgehead atoms. The highest BCUT2D eigenvalue weighted by Gasteiger charge is 2.53. The standard InChI is InChI=1S/C11H20.C11H22.2C10H20.C9H18O.C9H16.2C9H18.C8H16.C7H14/c1-8(2)11-6-9-4-3-5-10(9)7-11;1-11(2,3)10-8-6-4-5-7-9-10;2*1-10(2,3)9-7-5-4-6-8-9;1-9(2,3)8-4-6-10-7-5-8;1-6(2)9-7-4-3-5-8(7)9;2*1-9(2,3)8-6-4-5-7-8;1-8(2,3)7-5-4-6-7;1-6(2)7(3)4-5-7/h8-11H,3-7H2,1-2H3;10H,4-9H2,1-3H3;2*9H,4-8H2,1-3H3;8H,4-7H2,1-3H3;6-9H,3-5H2,1-2H3;2*8H,4-7H2,1-3H3;7H,4-6H2,1-3H3;6H,4-5H2,1-3H3. The summed E-state index contributed by atoms with van der Waals surface area (Å²) in [6, 6.07) is 0. The molecule has 1 aliphatic heterocycles. The van der Waals surface area contributed by atoms with Crippen LogP contribution in [0.2, 0.25) is 0 Å². The predicted molar refractivity (Wildman–Crippen MR) is 425 cm³/mol. The van der Waals surface area contributed by atoms with E-state index in [0.717, 1.165) is 101 Å². The van der Waals surface area contributed by atoms with Crippen LogP contribution < -0.4 is 0 Å². The third kappa shape index (κ3) is 34.8. The molecule has 1 heterocycles. The van der Waals surface area contributed by atoms with Crippen molar-refractivity contribution >= 4 is 0 Å². The van der Waals surface area contributed by atoms with E-state index in [9.17, 15) is 0 Å². The van der Waals surface area contributed by atoms with Gasteiger partial charge in [0.2, 0.25) is 0 Å². The molecular weight excluding hydrogens is 1130 g/mol. The van der Waals surface area contributed by atoms with Crippen LogP contribution in [0.1, 0.15) is 444 Å². The Balaban J connectivity index is 0.000000273. The second kappa shape index (κ2) is 41.3. The van der Waals surface area contributed by atoms with Gasteiger partial charge < -0.3 is 4.74 Å². The normalized spacial score (nSPS) is 28.0. The molecule has 0 amide bonds. The van der Waals surface area contributed by atoms with Gasteiger partial charge in [-0.1, -0.05) is 316 Å². The van der Waals surface area contributed by atoms with E-state index in [0.29, 0.717) is 37.9 Å². The quantitative estimate of drug-likeness (QED) is 0.256. The first kappa shape index (κ1) is 88.2. The van der Waals surface area contributed by atoms with Crippen LogP contribution >= 0.6 is 0 Å². The molecule has 12 aliphatic rings. The smallest absolute Gasteiger partial charge is 0.0468 e. The van der Waals surface area contributed by atoms with Crippen LogP contribution in [0.15, 0.2) is 0 Å². The van der Waals surface area contributed by atoms with Gasteiger partial charge >= 0.3 is 0 Å². The summed E-state index contributed by atoms with van der Waals surface area (Å²) in [7, 11) is 0. The second-order valence-electron chi connectivity index (χ2n) is 43.7. The lowest BCUT2D eigenvalue weighted by atomic mass is 9.69. The first-order chi connectivity index (χ1) is 43.5. The average molecular weight is 1320 g/mol. The van der Waals surface area contributed by atoms with Crippen LogP contribution in [0.3, 0.4) is 0 Å². The van der Waals surface area contributed by atoms with Crippen LogP contribution in [-0.4, -0.2) is 13.2 Å². The fourth-order valence-corrected chi connectivity index (χ4v) is 19.3. The molecule has 0 aromatic carbocycles. The fraction of sp³-hybridized carbons (Fsp3) is 1.00. The Morgan fingerprint density at radius 3 is 0.670 bits per heavy atom. The van der Waals surface area contributed by atoms with E-state index >= 15 is 0 Å². The summed E-state index contributed by atoms with van der Waals surface area (Å²) in [5.41, 5.74) is 4.69. The Morgan fingerprint density at radius 2 is 0.489 bits per heavy atom. The summed E-state index contributed by atoms with van der Waals surface area (Å²) in [6.07, 6.45) is 57.6. The summed E-state index contributed by atoms with van der Waals surface area (Å²) in [6.45, 7) is 68.1. The van der Waals surface area contributed by atoms with Crippen LogP contribution in [0.5, 0.6) is 0 Å². The first-order valence-electron chi connectivity index (χ1n) is 43.0. The van der Waals surface area contributed by atoms with Gasteiger partial charge in [0.15, 0.2) is 0 Å². The monoisotopic (exact) mass is 1320 g/mol. The van der Waals surface area contributed by atoms with E-state index in [1.165, 1.54) is 224 Å². The minimum absolute atomic E-state index is 0.490. The third-order valence-electron chi connectivity index (χ3n) is 28.3. The fourth-order valence-electron chi connectivity index (χ4n) is 19.3. The Labute approximate surface area is 596 Å². The van der Waals surface area contributed by atoms with Crippen LogP contribution in [0.4, 0.5) is 0 Å². The minimum atomic E-state index is 0.490. The van der Waals surface area contributed by atoms with Gasteiger partial charge in [0.1, 0.15) is 0 Å². The SMILES string of the molecule is CC(C)(C)C1CCC1.CC(C)(C)C1CCCC1.CC(C)(C)C1CCCC1.CC(C)(C)C1CCCCC1.CC(C)(C)C1CCCCC1.CC(C)(C)C1CCCCCC1.CC(C)(C)C1CCOCC1.CC(C)C1(C)CC1.CC(C)C1C2CCCC21.CC(C)C1CC2CCCC2C1. The lowest BCUT2D eigenvalue weighted by molar-refractivity contribution is 0.0286. The molecule has 12 rings (SSSR count). The average Bonchev–Trinajstić information content (AvgIpc) is 1.60. The molecule has 94 heavy (non-hydrogen) atoms. The molecule has 4 atom stereocenters. The Bertz CT molecular complexity index is 1730. The Hall–Kier alpha value is -0.0400. The molecule has 1 saturated heterocycles. The van der Waals surface area contributed by atoms with E-state index in [1.54, 1.807) is 38.5 Å². The molecule has 0 N–H and O–H groups in total. The van der Waals surface area contributed by atoms with Crippen molar-refractivity contribution in [1.29, 1.82) is 0 Å². The molecule has 0 spiro atoms. The molecule has 0 aromatic heterocycles. The Morgan fingerprint density at radius 1 is 0.266 bits per heavy atom. The van der Waals surface area contributed by atoms with Gasteiger partial charge in [0, 0.05) is 13.2 Å². The number of ether oxygens (including phenoxy) is 1. The van der Waals surface area contributed by atoms with Gasteiger partial charge in [-0.25, -0.2) is 0 Å². The highest BCUT2D eigenvalue weighted by molar-refractivity contribution is 5.02. The molecule has 11 saturated carbocycles. The zero-order valence-corrected chi connectivity index (χ0v) is 70.6.